The van der Waals surface area contributed by atoms with Gasteiger partial charge in [-0.2, -0.15) is 0 Å². The quantitative estimate of drug-likeness (QED) is 0.500. The van der Waals surface area contributed by atoms with Gasteiger partial charge in [-0.25, -0.2) is 9.69 Å². The van der Waals surface area contributed by atoms with Gasteiger partial charge in [-0.3, -0.25) is 9.69 Å². The predicted molar refractivity (Wildman–Crippen MR) is 114 cm³/mol. The molecule has 1 aliphatic rings. The lowest BCUT2D eigenvalue weighted by molar-refractivity contribution is -0.114. The van der Waals surface area contributed by atoms with Crippen LogP contribution in [0.25, 0.3) is 6.08 Å². The second-order valence-electron chi connectivity index (χ2n) is 7.71. The summed E-state index contributed by atoms with van der Waals surface area (Å²) in [6.07, 6.45) is 4.10. The molecule has 0 aliphatic carbocycles. The summed E-state index contributed by atoms with van der Waals surface area (Å²) in [6, 6.07) is 13.7. The van der Waals surface area contributed by atoms with Crippen molar-refractivity contribution in [3.63, 3.8) is 0 Å². The molecule has 0 unspecified atom stereocenters. The Hall–Kier alpha value is -2.88. The first kappa shape index (κ1) is 19.9. The number of imide groups is 1. The molecule has 1 heterocycles. The molecule has 1 fully saturated rings. The van der Waals surface area contributed by atoms with E-state index in [4.69, 9.17) is 0 Å². The van der Waals surface area contributed by atoms with Crippen molar-refractivity contribution >= 4 is 23.7 Å². The summed E-state index contributed by atoms with van der Waals surface area (Å²) in [5.74, 6) is 0.227. The summed E-state index contributed by atoms with van der Waals surface area (Å²) >= 11 is 0. The number of likely N-dealkylation sites (N-methyl/N-ethyl adjacent to an activating group) is 1. The van der Waals surface area contributed by atoms with Gasteiger partial charge >= 0.3 is 6.03 Å². The van der Waals surface area contributed by atoms with Crippen molar-refractivity contribution < 1.29 is 9.59 Å². The Morgan fingerprint density at radius 3 is 2.18 bits per heavy atom. The molecule has 146 valence electrons. The monoisotopic (exact) mass is 376 g/mol. The van der Waals surface area contributed by atoms with E-state index >= 15 is 0 Å². The second kappa shape index (κ2) is 8.01. The van der Waals surface area contributed by atoms with Gasteiger partial charge in [-0.05, 0) is 66.6 Å². The van der Waals surface area contributed by atoms with E-state index in [9.17, 15) is 9.59 Å². The number of carbonyl (C=O) groups excluding carboxylic acids is 2. The number of amides is 3. The number of aryl methyl sites for hydroxylation is 2. The predicted octanol–water partition coefficient (Wildman–Crippen LogP) is 5.65. The molecule has 0 aromatic heterocycles. The molecule has 4 nitrogen and oxygen atoms in total. The molecule has 0 N–H and O–H groups in total. The first-order chi connectivity index (χ1) is 13.3. The average Bonchev–Trinajstić information content (AvgIpc) is 2.85. The Labute approximate surface area is 167 Å². The van der Waals surface area contributed by atoms with Crippen molar-refractivity contribution in [2.45, 2.75) is 46.5 Å². The number of anilines is 1. The van der Waals surface area contributed by atoms with Gasteiger partial charge in [0.15, 0.2) is 0 Å². The molecule has 28 heavy (non-hydrogen) atoms. The Bertz CT molecular complexity index is 908. The first-order valence-corrected chi connectivity index (χ1v) is 9.84. The largest absolute Gasteiger partial charge is 0.336 e. The zero-order valence-electron chi connectivity index (χ0n) is 17.3. The normalized spacial score (nSPS) is 17.0. The van der Waals surface area contributed by atoms with Gasteiger partial charge in [0.25, 0.3) is 5.91 Å². The molecule has 1 aliphatic heterocycles. The molecule has 0 saturated carbocycles. The Morgan fingerprint density at radius 1 is 1.00 bits per heavy atom. The van der Waals surface area contributed by atoms with Crippen molar-refractivity contribution in [1.29, 1.82) is 0 Å². The summed E-state index contributed by atoms with van der Waals surface area (Å²) in [4.78, 5) is 28.4. The van der Waals surface area contributed by atoms with Gasteiger partial charge in [0.2, 0.25) is 0 Å². The summed E-state index contributed by atoms with van der Waals surface area (Å²) in [7, 11) is 1.65. The molecule has 0 radical (unpaired) electrons. The van der Waals surface area contributed by atoms with E-state index in [-0.39, 0.29) is 11.9 Å². The Balaban J connectivity index is 1.90. The molecule has 1 atom stereocenters. The van der Waals surface area contributed by atoms with Crippen molar-refractivity contribution in [2.24, 2.45) is 0 Å². The standard InChI is InChI=1S/C24H28N2O2/c1-6-7-18(4)20-10-8-19(9-11-20)15-22-23(27)26(24(28)25(22)5)21-13-16(2)12-17(3)14-21/h8-15,18H,6-7H2,1-5H3/b22-15+/t18-/m1/s1. The smallest absolute Gasteiger partial charge is 0.292 e. The van der Waals surface area contributed by atoms with Crippen LogP contribution in [0.2, 0.25) is 0 Å². The van der Waals surface area contributed by atoms with Gasteiger partial charge in [0, 0.05) is 7.05 Å². The molecule has 4 heteroatoms. The van der Waals surface area contributed by atoms with Gasteiger partial charge in [0.1, 0.15) is 5.70 Å². The Morgan fingerprint density at radius 2 is 1.61 bits per heavy atom. The third-order valence-corrected chi connectivity index (χ3v) is 5.26. The number of hydrogen-bond acceptors (Lipinski definition) is 2. The number of urea groups is 1. The van der Waals surface area contributed by atoms with Crippen LogP contribution >= 0.6 is 0 Å². The van der Waals surface area contributed by atoms with E-state index in [0.717, 1.165) is 29.5 Å². The van der Waals surface area contributed by atoms with Crippen LogP contribution in [-0.4, -0.2) is 23.9 Å². The van der Waals surface area contributed by atoms with Crippen LogP contribution in [0.15, 0.2) is 48.2 Å². The number of nitrogens with zero attached hydrogens (tertiary/aromatic N) is 2. The fourth-order valence-corrected chi connectivity index (χ4v) is 3.74. The van der Waals surface area contributed by atoms with Crippen LogP contribution in [-0.2, 0) is 4.79 Å². The molecule has 2 aromatic carbocycles. The van der Waals surface area contributed by atoms with E-state index < -0.39 is 0 Å². The molecule has 3 amide bonds. The molecular weight excluding hydrogens is 348 g/mol. The van der Waals surface area contributed by atoms with Crippen LogP contribution in [0, 0.1) is 13.8 Å². The minimum absolute atomic E-state index is 0.291. The van der Waals surface area contributed by atoms with Crippen LogP contribution < -0.4 is 4.90 Å². The van der Waals surface area contributed by atoms with Crippen LogP contribution in [0.4, 0.5) is 10.5 Å². The van der Waals surface area contributed by atoms with Crippen molar-refractivity contribution in [3.05, 3.63) is 70.4 Å². The van der Waals surface area contributed by atoms with E-state index in [1.807, 2.05) is 44.2 Å². The highest BCUT2D eigenvalue weighted by molar-refractivity contribution is 6.28. The number of rotatable bonds is 5. The number of benzene rings is 2. The lowest BCUT2D eigenvalue weighted by Crippen LogP contribution is -2.31. The highest BCUT2D eigenvalue weighted by Gasteiger charge is 2.39. The van der Waals surface area contributed by atoms with Crippen molar-refractivity contribution in [3.8, 4) is 0 Å². The van der Waals surface area contributed by atoms with Gasteiger partial charge in [-0.15, -0.1) is 0 Å². The highest BCUT2D eigenvalue weighted by Crippen LogP contribution is 2.29. The fraction of sp³-hybridized carbons (Fsp3) is 0.333. The second-order valence-corrected chi connectivity index (χ2v) is 7.71. The minimum atomic E-state index is -0.325. The first-order valence-electron chi connectivity index (χ1n) is 9.84. The molecular formula is C24H28N2O2. The maximum atomic E-state index is 13.0. The highest BCUT2D eigenvalue weighted by atomic mass is 16.2. The zero-order valence-corrected chi connectivity index (χ0v) is 17.3. The zero-order chi connectivity index (χ0) is 20.4. The molecule has 1 saturated heterocycles. The summed E-state index contributed by atoms with van der Waals surface area (Å²) in [6.45, 7) is 8.34. The van der Waals surface area contributed by atoms with E-state index in [0.29, 0.717) is 17.3 Å². The molecule has 2 aromatic rings. The molecule has 0 bridgehead atoms. The topological polar surface area (TPSA) is 40.6 Å². The van der Waals surface area contributed by atoms with E-state index in [2.05, 4.69) is 26.0 Å². The SMILES string of the molecule is CCC[C@@H](C)c1ccc(/C=C2\C(=O)N(c3cc(C)cc(C)c3)C(=O)N2C)cc1. The summed E-state index contributed by atoms with van der Waals surface area (Å²) in [5, 5.41) is 0. The van der Waals surface area contributed by atoms with Gasteiger partial charge < -0.3 is 0 Å². The van der Waals surface area contributed by atoms with E-state index in [1.165, 1.54) is 15.4 Å². The van der Waals surface area contributed by atoms with Gasteiger partial charge in [0.05, 0.1) is 5.69 Å². The lowest BCUT2D eigenvalue weighted by Gasteiger charge is -2.14. The van der Waals surface area contributed by atoms with Crippen LogP contribution in [0.1, 0.15) is 54.9 Å². The number of hydrogen-bond donors (Lipinski definition) is 0. The van der Waals surface area contributed by atoms with Gasteiger partial charge in [-0.1, -0.05) is 50.6 Å². The fourth-order valence-electron chi connectivity index (χ4n) is 3.74. The lowest BCUT2D eigenvalue weighted by atomic mass is 9.95. The average molecular weight is 377 g/mol. The number of carbonyl (C=O) groups is 2. The Kier molecular flexibility index (Phi) is 5.68. The van der Waals surface area contributed by atoms with Crippen LogP contribution in [0.5, 0.6) is 0 Å². The third kappa shape index (κ3) is 3.86. The van der Waals surface area contributed by atoms with Crippen molar-refractivity contribution in [2.75, 3.05) is 11.9 Å². The molecule has 0 spiro atoms. The summed E-state index contributed by atoms with van der Waals surface area (Å²) < 4.78 is 0. The maximum absolute atomic E-state index is 13.0. The minimum Gasteiger partial charge on any atom is -0.292 e. The third-order valence-electron chi connectivity index (χ3n) is 5.26. The van der Waals surface area contributed by atoms with Crippen LogP contribution in [0.3, 0.4) is 0 Å². The van der Waals surface area contributed by atoms with E-state index in [1.54, 1.807) is 13.1 Å². The maximum Gasteiger partial charge on any atom is 0.336 e. The van der Waals surface area contributed by atoms with Crippen molar-refractivity contribution in [1.82, 2.24) is 4.90 Å². The molecule has 3 rings (SSSR count). The summed E-state index contributed by atoms with van der Waals surface area (Å²) in [5.41, 5.74) is 5.26.